The van der Waals surface area contributed by atoms with Gasteiger partial charge in [0.25, 0.3) is 5.91 Å². The SMILES string of the molecule is Cc1nc2cc(C(=O)Nc3ccc(F)c(F)c3)ccc2n1C. The third kappa shape index (κ3) is 2.43. The number of nitrogens with one attached hydrogen (secondary N) is 1. The summed E-state index contributed by atoms with van der Waals surface area (Å²) in [6.07, 6.45) is 0. The molecule has 1 aromatic heterocycles. The number of anilines is 1. The molecule has 0 saturated heterocycles. The van der Waals surface area contributed by atoms with Gasteiger partial charge < -0.3 is 9.88 Å². The molecule has 0 radical (unpaired) electrons. The van der Waals surface area contributed by atoms with E-state index >= 15 is 0 Å². The first kappa shape index (κ1) is 14.2. The second kappa shape index (κ2) is 5.22. The Hall–Kier alpha value is -2.76. The van der Waals surface area contributed by atoms with Crippen molar-refractivity contribution >= 4 is 22.6 Å². The number of fused-ring (bicyclic) bond motifs is 1. The van der Waals surface area contributed by atoms with Gasteiger partial charge in [0, 0.05) is 24.4 Å². The van der Waals surface area contributed by atoms with E-state index in [1.165, 1.54) is 6.07 Å². The van der Waals surface area contributed by atoms with Crippen molar-refractivity contribution in [2.75, 3.05) is 5.32 Å². The summed E-state index contributed by atoms with van der Waals surface area (Å²) >= 11 is 0. The zero-order valence-electron chi connectivity index (χ0n) is 12.0. The molecule has 0 bridgehead atoms. The molecule has 0 aliphatic rings. The van der Waals surface area contributed by atoms with Crippen LogP contribution >= 0.6 is 0 Å². The number of benzene rings is 2. The molecule has 1 N–H and O–H groups in total. The molecule has 0 fully saturated rings. The number of carbonyl (C=O) groups is 1. The van der Waals surface area contributed by atoms with Crippen LogP contribution < -0.4 is 5.32 Å². The highest BCUT2D eigenvalue weighted by molar-refractivity contribution is 6.05. The quantitative estimate of drug-likeness (QED) is 0.788. The van der Waals surface area contributed by atoms with E-state index in [4.69, 9.17) is 0 Å². The molecule has 0 unspecified atom stereocenters. The first-order valence-electron chi connectivity index (χ1n) is 6.65. The fraction of sp³-hybridized carbons (Fsp3) is 0.125. The van der Waals surface area contributed by atoms with Gasteiger partial charge in [-0.25, -0.2) is 13.8 Å². The second-order valence-corrected chi connectivity index (χ2v) is 5.00. The number of aromatic nitrogens is 2. The minimum absolute atomic E-state index is 0.196. The summed E-state index contributed by atoms with van der Waals surface area (Å²) in [6.45, 7) is 1.88. The summed E-state index contributed by atoms with van der Waals surface area (Å²) in [6, 6.07) is 8.35. The molecule has 6 heteroatoms. The third-order valence-corrected chi connectivity index (χ3v) is 3.54. The Morgan fingerprint density at radius 3 is 2.64 bits per heavy atom. The van der Waals surface area contributed by atoms with Gasteiger partial charge in [0.05, 0.1) is 11.0 Å². The standard InChI is InChI=1S/C16H13F2N3O/c1-9-19-14-7-10(3-6-15(14)21(9)2)16(22)20-11-4-5-12(17)13(18)8-11/h3-8H,1-2H3,(H,20,22). The van der Waals surface area contributed by atoms with E-state index in [0.717, 1.165) is 23.5 Å². The summed E-state index contributed by atoms with van der Waals surface area (Å²) in [5, 5.41) is 2.53. The van der Waals surface area contributed by atoms with Crippen LogP contribution in [-0.2, 0) is 7.05 Å². The molecule has 0 saturated carbocycles. The van der Waals surface area contributed by atoms with Gasteiger partial charge in [0.1, 0.15) is 5.82 Å². The Labute approximate surface area is 125 Å². The van der Waals surface area contributed by atoms with Crippen LogP contribution in [0.2, 0.25) is 0 Å². The predicted molar refractivity (Wildman–Crippen MR) is 79.8 cm³/mol. The molecule has 0 aliphatic heterocycles. The van der Waals surface area contributed by atoms with Gasteiger partial charge in [0.15, 0.2) is 11.6 Å². The van der Waals surface area contributed by atoms with Gasteiger partial charge in [-0.3, -0.25) is 4.79 Å². The summed E-state index contributed by atoms with van der Waals surface area (Å²) in [7, 11) is 1.89. The minimum Gasteiger partial charge on any atom is -0.331 e. The van der Waals surface area contributed by atoms with Gasteiger partial charge in [0.2, 0.25) is 0 Å². The van der Waals surface area contributed by atoms with Crippen molar-refractivity contribution in [3.63, 3.8) is 0 Å². The monoisotopic (exact) mass is 301 g/mol. The Kier molecular flexibility index (Phi) is 3.36. The fourth-order valence-electron chi connectivity index (χ4n) is 2.24. The fourth-order valence-corrected chi connectivity index (χ4v) is 2.24. The van der Waals surface area contributed by atoms with Gasteiger partial charge in [-0.05, 0) is 37.3 Å². The van der Waals surface area contributed by atoms with Crippen molar-refractivity contribution in [2.45, 2.75) is 6.92 Å². The molecule has 2 aromatic carbocycles. The zero-order valence-corrected chi connectivity index (χ0v) is 12.0. The topological polar surface area (TPSA) is 46.9 Å². The molecular weight excluding hydrogens is 288 g/mol. The second-order valence-electron chi connectivity index (χ2n) is 5.00. The number of imidazole rings is 1. The molecule has 112 valence electrons. The Morgan fingerprint density at radius 1 is 1.14 bits per heavy atom. The van der Waals surface area contributed by atoms with E-state index in [1.54, 1.807) is 18.2 Å². The number of hydrogen-bond acceptors (Lipinski definition) is 2. The average molecular weight is 301 g/mol. The van der Waals surface area contributed by atoms with Crippen molar-refractivity contribution in [1.29, 1.82) is 0 Å². The molecule has 0 atom stereocenters. The number of halogens is 2. The van der Waals surface area contributed by atoms with Crippen molar-refractivity contribution < 1.29 is 13.6 Å². The van der Waals surface area contributed by atoms with Crippen LogP contribution in [0, 0.1) is 18.6 Å². The number of rotatable bonds is 2. The number of nitrogens with zero attached hydrogens (tertiary/aromatic N) is 2. The maximum absolute atomic E-state index is 13.1. The van der Waals surface area contributed by atoms with Crippen LogP contribution in [0.3, 0.4) is 0 Å². The number of aryl methyl sites for hydroxylation is 2. The van der Waals surface area contributed by atoms with Crippen LogP contribution in [0.5, 0.6) is 0 Å². The summed E-state index contributed by atoms with van der Waals surface area (Å²) in [4.78, 5) is 16.5. The normalized spacial score (nSPS) is 10.9. The van der Waals surface area contributed by atoms with Gasteiger partial charge in [-0.15, -0.1) is 0 Å². The van der Waals surface area contributed by atoms with Crippen LogP contribution in [0.25, 0.3) is 11.0 Å². The van der Waals surface area contributed by atoms with E-state index < -0.39 is 17.5 Å². The average Bonchev–Trinajstić information content (AvgIpc) is 2.77. The van der Waals surface area contributed by atoms with Crippen LogP contribution in [0.4, 0.5) is 14.5 Å². The molecule has 0 aliphatic carbocycles. The van der Waals surface area contributed by atoms with E-state index in [2.05, 4.69) is 10.3 Å². The largest absolute Gasteiger partial charge is 0.331 e. The lowest BCUT2D eigenvalue weighted by atomic mass is 10.2. The Bertz CT molecular complexity index is 886. The van der Waals surface area contributed by atoms with E-state index in [-0.39, 0.29) is 5.69 Å². The lowest BCUT2D eigenvalue weighted by Gasteiger charge is -2.06. The molecule has 22 heavy (non-hydrogen) atoms. The van der Waals surface area contributed by atoms with Gasteiger partial charge >= 0.3 is 0 Å². The molecule has 3 aromatic rings. The zero-order chi connectivity index (χ0) is 15.9. The van der Waals surface area contributed by atoms with E-state index in [9.17, 15) is 13.6 Å². The van der Waals surface area contributed by atoms with Crippen molar-refractivity contribution in [1.82, 2.24) is 9.55 Å². The highest BCUT2D eigenvalue weighted by Gasteiger charge is 2.11. The van der Waals surface area contributed by atoms with E-state index in [1.807, 2.05) is 18.5 Å². The van der Waals surface area contributed by atoms with Crippen LogP contribution in [-0.4, -0.2) is 15.5 Å². The summed E-state index contributed by atoms with van der Waals surface area (Å²) in [5.41, 5.74) is 2.22. The Morgan fingerprint density at radius 2 is 1.91 bits per heavy atom. The van der Waals surface area contributed by atoms with E-state index in [0.29, 0.717) is 11.1 Å². The molecular formula is C16H13F2N3O. The first-order valence-corrected chi connectivity index (χ1v) is 6.65. The highest BCUT2D eigenvalue weighted by Crippen LogP contribution is 2.18. The molecule has 4 nitrogen and oxygen atoms in total. The van der Waals surface area contributed by atoms with Crippen LogP contribution in [0.1, 0.15) is 16.2 Å². The summed E-state index contributed by atoms with van der Waals surface area (Å²) < 4.78 is 27.9. The third-order valence-electron chi connectivity index (χ3n) is 3.54. The van der Waals surface area contributed by atoms with Crippen molar-refractivity contribution in [3.05, 3.63) is 59.4 Å². The highest BCUT2D eigenvalue weighted by atomic mass is 19.2. The van der Waals surface area contributed by atoms with Crippen molar-refractivity contribution in [3.8, 4) is 0 Å². The van der Waals surface area contributed by atoms with Gasteiger partial charge in [-0.2, -0.15) is 0 Å². The minimum atomic E-state index is -1.01. The predicted octanol–water partition coefficient (Wildman–Crippen LogP) is 3.41. The van der Waals surface area contributed by atoms with Gasteiger partial charge in [-0.1, -0.05) is 0 Å². The molecule has 3 rings (SSSR count). The molecule has 1 amide bonds. The Balaban J connectivity index is 1.89. The van der Waals surface area contributed by atoms with Crippen molar-refractivity contribution in [2.24, 2.45) is 7.05 Å². The molecule has 0 spiro atoms. The lowest BCUT2D eigenvalue weighted by Crippen LogP contribution is -2.12. The lowest BCUT2D eigenvalue weighted by molar-refractivity contribution is 0.102. The number of carbonyl (C=O) groups excluding carboxylic acids is 1. The van der Waals surface area contributed by atoms with Crippen LogP contribution in [0.15, 0.2) is 36.4 Å². The maximum Gasteiger partial charge on any atom is 0.255 e. The number of hydrogen-bond donors (Lipinski definition) is 1. The molecule has 1 heterocycles. The smallest absolute Gasteiger partial charge is 0.255 e. The maximum atomic E-state index is 13.1. The first-order chi connectivity index (χ1) is 10.5. The number of amides is 1. The summed E-state index contributed by atoms with van der Waals surface area (Å²) in [5.74, 6) is -1.53.